The van der Waals surface area contributed by atoms with Crippen LogP contribution >= 0.6 is 11.8 Å². The third-order valence-corrected chi connectivity index (χ3v) is 6.50. The topological polar surface area (TPSA) is 73.2 Å². The fourth-order valence-electron chi connectivity index (χ4n) is 3.93. The molecule has 1 aromatic heterocycles. The van der Waals surface area contributed by atoms with Gasteiger partial charge in [0.25, 0.3) is 5.56 Å². The minimum Gasteiger partial charge on any atom is -0.489 e. The summed E-state index contributed by atoms with van der Waals surface area (Å²) in [7, 11) is 1.83. The first kappa shape index (κ1) is 21.9. The van der Waals surface area contributed by atoms with E-state index in [1.807, 2.05) is 50.4 Å². The summed E-state index contributed by atoms with van der Waals surface area (Å²) in [4.78, 5) is 30.2. The summed E-state index contributed by atoms with van der Waals surface area (Å²) in [5.74, 6) is 1.24. The number of hydrogen-bond donors (Lipinski definition) is 1. The van der Waals surface area contributed by atoms with Gasteiger partial charge in [0.05, 0.1) is 5.56 Å². The van der Waals surface area contributed by atoms with Crippen molar-refractivity contribution in [1.29, 1.82) is 0 Å². The monoisotopic (exact) mass is 447 g/mol. The average molecular weight is 448 g/mol. The molecule has 2 aromatic carbocycles. The molecule has 164 valence electrons. The number of carbonyl (C=O) groups excluding carboxylic acids is 1. The number of nitrogens with zero attached hydrogens (tertiary/aromatic N) is 2. The Morgan fingerprint density at radius 3 is 2.84 bits per heavy atom. The Labute approximate surface area is 191 Å². The molecule has 2 heterocycles. The summed E-state index contributed by atoms with van der Waals surface area (Å²) in [6.07, 6.45) is 1.82. The van der Waals surface area contributed by atoms with E-state index < -0.39 is 5.92 Å². The zero-order valence-corrected chi connectivity index (χ0v) is 18.9. The highest BCUT2D eigenvalue weighted by Crippen LogP contribution is 2.39. The number of benzene rings is 2. The zero-order chi connectivity index (χ0) is 22.7. The molecule has 4 rings (SSSR count). The Morgan fingerprint density at radius 2 is 2.06 bits per heavy atom. The van der Waals surface area contributed by atoms with Gasteiger partial charge in [-0.15, -0.1) is 0 Å². The first-order valence-electron chi connectivity index (χ1n) is 10.4. The van der Waals surface area contributed by atoms with Crippen LogP contribution in [0.1, 0.15) is 34.6 Å². The second kappa shape index (κ2) is 9.44. The SMILES string of the molecule is C=CCOc1ccccc1[C@@H]1CC(=O)Nc2c1c(=O)nc(SCc1cccc(C)c1)n2C. The fraction of sp³-hybridized carbons (Fsp3) is 0.240. The van der Waals surface area contributed by atoms with Crippen molar-refractivity contribution in [3.8, 4) is 5.75 Å². The molecule has 0 spiro atoms. The molecule has 32 heavy (non-hydrogen) atoms. The van der Waals surface area contributed by atoms with E-state index in [0.717, 1.165) is 11.1 Å². The number of hydrogen-bond acceptors (Lipinski definition) is 5. The van der Waals surface area contributed by atoms with E-state index in [0.29, 0.717) is 34.6 Å². The van der Waals surface area contributed by atoms with E-state index in [-0.39, 0.29) is 17.9 Å². The Morgan fingerprint density at radius 1 is 1.25 bits per heavy atom. The van der Waals surface area contributed by atoms with E-state index in [1.54, 1.807) is 10.6 Å². The summed E-state index contributed by atoms with van der Waals surface area (Å²) >= 11 is 1.47. The second-order valence-electron chi connectivity index (χ2n) is 7.74. The first-order chi connectivity index (χ1) is 15.5. The highest BCUT2D eigenvalue weighted by Gasteiger charge is 2.33. The fourth-order valence-corrected chi connectivity index (χ4v) is 4.84. The van der Waals surface area contributed by atoms with Crippen LogP contribution in [0.5, 0.6) is 5.75 Å². The number of fused-ring (bicyclic) bond motifs is 1. The van der Waals surface area contributed by atoms with Gasteiger partial charge in [-0.2, -0.15) is 4.98 Å². The Balaban J connectivity index is 1.72. The van der Waals surface area contributed by atoms with Crippen LogP contribution < -0.4 is 15.6 Å². The van der Waals surface area contributed by atoms with Gasteiger partial charge < -0.3 is 14.6 Å². The molecule has 0 unspecified atom stereocenters. The smallest absolute Gasteiger partial charge is 0.279 e. The molecule has 6 nitrogen and oxygen atoms in total. The van der Waals surface area contributed by atoms with Crippen LogP contribution in [0.4, 0.5) is 5.82 Å². The van der Waals surface area contributed by atoms with Gasteiger partial charge in [0, 0.05) is 30.7 Å². The molecule has 1 aliphatic rings. The molecule has 7 heteroatoms. The molecule has 0 fully saturated rings. The highest BCUT2D eigenvalue weighted by atomic mass is 32.2. The van der Waals surface area contributed by atoms with Gasteiger partial charge in [0.1, 0.15) is 18.2 Å². The predicted molar refractivity (Wildman–Crippen MR) is 127 cm³/mol. The van der Waals surface area contributed by atoms with E-state index in [9.17, 15) is 9.59 Å². The van der Waals surface area contributed by atoms with Crippen molar-refractivity contribution in [2.24, 2.45) is 7.05 Å². The quantitative estimate of drug-likeness (QED) is 0.330. The number of thioether (sulfide) groups is 1. The summed E-state index contributed by atoms with van der Waals surface area (Å²) in [6, 6.07) is 15.7. The second-order valence-corrected chi connectivity index (χ2v) is 8.68. The maximum absolute atomic E-state index is 13.2. The Kier molecular flexibility index (Phi) is 6.46. The van der Waals surface area contributed by atoms with Gasteiger partial charge in [-0.05, 0) is 18.6 Å². The molecule has 1 aliphatic heterocycles. The van der Waals surface area contributed by atoms with Crippen molar-refractivity contribution in [2.75, 3.05) is 11.9 Å². The predicted octanol–water partition coefficient (Wildman–Crippen LogP) is 4.42. The lowest BCUT2D eigenvalue weighted by Crippen LogP contribution is -2.33. The lowest BCUT2D eigenvalue weighted by molar-refractivity contribution is -0.116. The van der Waals surface area contributed by atoms with Gasteiger partial charge in [-0.1, -0.05) is 72.4 Å². The van der Waals surface area contributed by atoms with Crippen molar-refractivity contribution in [3.63, 3.8) is 0 Å². The van der Waals surface area contributed by atoms with Gasteiger partial charge >= 0.3 is 0 Å². The van der Waals surface area contributed by atoms with E-state index in [2.05, 4.69) is 29.0 Å². The molecule has 1 amide bonds. The molecule has 0 saturated carbocycles. The third kappa shape index (κ3) is 4.48. The number of rotatable bonds is 7. The Hall–Kier alpha value is -3.32. The van der Waals surface area contributed by atoms with E-state index >= 15 is 0 Å². The van der Waals surface area contributed by atoms with Crippen molar-refractivity contribution >= 4 is 23.5 Å². The van der Waals surface area contributed by atoms with E-state index in [1.165, 1.54) is 17.3 Å². The number of anilines is 1. The minimum atomic E-state index is -0.429. The molecule has 0 bridgehead atoms. The van der Waals surface area contributed by atoms with Gasteiger partial charge in [0.2, 0.25) is 5.91 Å². The van der Waals surface area contributed by atoms with Gasteiger partial charge in [-0.25, -0.2) is 0 Å². The molecule has 3 aromatic rings. The summed E-state index contributed by atoms with van der Waals surface area (Å²) < 4.78 is 7.60. The number of aryl methyl sites for hydroxylation is 1. The van der Waals surface area contributed by atoms with Crippen molar-refractivity contribution in [2.45, 2.75) is 30.2 Å². The lowest BCUT2D eigenvalue weighted by atomic mass is 9.86. The normalized spacial score (nSPS) is 15.1. The first-order valence-corrected chi connectivity index (χ1v) is 11.4. The number of aromatic nitrogens is 2. The minimum absolute atomic E-state index is 0.142. The molecule has 0 radical (unpaired) electrons. The number of carbonyl (C=O) groups is 1. The summed E-state index contributed by atoms with van der Waals surface area (Å²) in [5.41, 5.74) is 3.29. The van der Waals surface area contributed by atoms with Crippen LogP contribution in [0.25, 0.3) is 0 Å². The zero-order valence-electron chi connectivity index (χ0n) is 18.1. The van der Waals surface area contributed by atoms with Crippen LogP contribution in [0.2, 0.25) is 0 Å². The van der Waals surface area contributed by atoms with E-state index in [4.69, 9.17) is 4.74 Å². The molecule has 1 atom stereocenters. The molecule has 0 aliphatic carbocycles. The third-order valence-electron chi connectivity index (χ3n) is 5.40. The van der Waals surface area contributed by atoms with Crippen LogP contribution in [0.15, 0.2) is 71.1 Å². The van der Waals surface area contributed by atoms with Gasteiger partial charge in [-0.3, -0.25) is 9.59 Å². The molecular formula is C25H25N3O3S. The Bertz CT molecular complexity index is 1240. The number of ether oxygens (including phenoxy) is 1. The van der Waals surface area contributed by atoms with Crippen molar-refractivity contribution in [3.05, 3.63) is 93.8 Å². The van der Waals surface area contributed by atoms with Crippen LogP contribution in [-0.4, -0.2) is 22.1 Å². The summed E-state index contributed by atoms with van der Waals surface area (Å²) in [5, 5.41) is 3.46. The molecule has 0 saturated heterocycles. The van der Waals surface area contributed by atoms with Crippen LogP contribution in [0, 0.1) is 6.92 Å². The number of nitrogens with one attached hydrogen (secondary N) is 1. The lowest BCUT2D eigenvalue weighted by Gasteiger charge is -2.28. The van der Waals surface area contributed by atoms with Crippen molar-refractivity contribution < 1.29 is 9.53 Å². The standard InChI is InChI=1S/C25H25N3O3S/c1-4-12-31-20-11-6-5-10-18(20)19-14-21(29)26-23-22(19)24(30)27-25(28(23)3)32-15-17-9-7-8-16(2)13-17/h4-11,13,19H,1,12,14-15H2,2-3H3,(H,26,29)/t19-/m0/s1. The maximum atomic E-state index is 13.2. The van der Waals surface area contributed by atoms with Crippen LogP contribution in [0.3, 0.4) is 0 Å². The maximum Gasteiger partial charge on any atom is 0.279 e. The van der Waals surface area contributed by atoms with Crippen LogP contribution in [-0.2, 0) is 17.6 Å². The van der Waals surface area contributed by atoms with Gasteiger partial charge in [0.15, 0.2) is 5.16 Å². The number of amides is 1. The highest BCUT2D eigenvalue weighted by molar-refractivity contribution is 7.98. The van der Waals surface area contributed by atoms with Crippen molar-refractivity contribution in [1.82, 2.24) is 9.55 Å². The largest absolute Gasteiger partial charge is 0.489 e. The summed E-state index contributed by atoms with van der Waals surface area (Å²) in [6.45, 7) is 6.08. The molecular weight excluding hydrogens is 422 g/mol. The molecule has 1 N–H and O–H groups in total. The number of para-hydroxylation sites is 1. The average Bonchev–Trinajstić information content (AvgIpc) is 2.78.